The molecule has 2 atom stereocenters. The van der Waals surface area contributed by atoms with Crippen molar-refractivity contribution in [2.75, 3.05) is 0 Å². The summed E-state index contributed by atoms with van der Waals surface area (Å²) < 4.78 is 0. The van der Waals surface area contributed by atoms with Crippen molar-refractivity contribution in [2.24, 2.45) is 5.92 Å². The highest BCUT2D eigenvalue weighted by Gasteiger charge is 2.22. The molecule has 1 amide bonds. The van der Waals surface area contributed by atoms with Gasteiger partial charge in [-0.3, -0.25) is 4.79 Å². The quantitative estimate of drug-likeness (QED) is 0.863. The Balaban J connectivity index is 1.65. The average Bonchev–Trinajstić information content (AvgIpc) is 2.85. The fourth-order valence-electron chi connectivity index (χ4n) is 2.69. The molecule has 1 saturated carbocycles. The summed E-state index contributed by atoms with van der Waals surface area (Å²) in [5.74, 6) is 0.894. The van der Waals surface area contributed by atoms with Crippen LogP contribution in [0.2, 0.25) is 0 Å². The third-order valence-corrected chi connectivity index (χ3v) is 4.80. The molecule has 1 heterocycles. The maximum atomic E-state index is 11.9. The van der Waals surface area contributed by atoms with Gasteiger partial charge in [-0.1, -0.05) is 25.8 Å². The zero-order chi connectivity index (χ0) is 12.8. The minimum absolute atomic E-state index is 0.241. The predicted molar refractivity (Wildman–Crippen MR) is 76.8 cm³/mol. The smallest absolute Gasteiger partial charge is 0.220 e. The normalized spacial score (nSPS) is 23.8. The summed E-state index contributed by atoms with van der Waals surface area (Å²) >= 11 is 1.78. The lowest BCUT2D eigenvalue weighted by molar-refractivity contribution is -0.122. The molecule has 3 heteroatoms. The molecule has 1 aliphatic carbocycles. The summed E-state index contributed by atoms with van der Waals surface area (Å²) in [4.78, 5) is 13.3. The lowest BCUT2D eigenvalue weighted by Gasteiger charge is -2.29. The molecule has 1 N–H and O–H groups in total. The Morgan fingerprint density at radius 2 is 2.28 bits per heavy atom. The molecular weight excluding hydrogens is 242 g/mol. The van der Waals surface area contributed by atoms with Crippen molar-refractivity contribution in [3.8, 4) is 0 Å². The molecule has 0 radical (unpaired) electrons. The number of hydrogen-bond acceptors (Lipinski definition) is 2. The summed E-state index contributed by atoms with van der Waals surface area (Å²) in [5, 5.41) is 5.31. The van der Waals surface area contributed by atoms with E-state index in [9.17, 15) is 4.79 Å². The number of rotatable bonds is 5. The van der Waals surface area contributed by atoms with Crippen LogP contribution in [0.15, 0.2) is 17.5 Å². The van der Waals surface area contributed by atoms with E-state index in [0.29, 0.717) is 18.4 Å². The summed E-state index contributed by atoms with van der Waals surface area (Å²) in [6.45, 7) is 2.26. The Bertz CT molecular complexity index is 361. The number of aryl methyl sites for hydroxylation is 1. The topological polar surface area (TPSA) is 29.1 Å². The second-order valence-electron chi connectivity index (χ2n) is 5.37. The van der Waals surface area contributed by atoms with Gasteiger partial charge in [-0.15, -0.1) is 11.3 Å². The van der Waals surface area contributed by atoms with E-state index in [-0.39, 0.29) is 5.91 Å². The Labute approximate surface area is 114 Å². The van der Waals surface area contributed by atoms with Gasteiger partial charge in [0.2, 0.25) is 5.91 Å². The molecule has 0 spiro atoms. The molecule has 0 aliphatic heterocycles. The van der Waals surface area contributed by atoms with E-state index in [4.69, 9.17) is 0 Å². The first-order valence-electron chi connectivity index (χ1n) is 7.07. The molecule has 0 bridgehead atoms. The SMILES string of the molecule is C[C@H]1CCCC[C@H]1NC(=O)CCCc1cccs1. The first-order chi connectivity index (χ1) is 8.75. The van der Waals surface area contributed by atoms with Crippen LogP contribution in [0.25, 0.3) is 0 Å². The van der Waals surface area contributed by atoms with Crippen LogP contribution in [0.4, 0.5) is 0 Å². The summed E-state index contributed by atoms with van der Waals surface area (Å²) in [7, 11) is 0. The molecule has 0 unspecified atom stereocenters. The van der Waals surface area contributed by atoms with Crippen molar-refractivity contribution < 1.29 is 4.79 Å². The van der Waals surface area contributed by atoms with E-state index in [1.54, 1.807) is 11.3 Å². The third-order valence-electron chi connectivity index (χ3n) is 3.86. The van der Waals surface area contributed by atoms with E-state index in [0.717, 1.165) is 19.3 Å². The van der Waals surface area contributed by atoms with Gasteiger partial charge in [0, 0.05) is 17.3 Å². The predicted octanol–water partition coefficient (Wildman–Crippen LogP) is 3.77. The monoisotopic (exact) mass is 265 g/mol. The van der Waals surface area contributed by atoms with Crippen LogP contribution in [0.3, 0.4) is 0 Å². The second kappa shape index (κ2) is 6.93. The van der Waals surface area contributed by atoms with Crippen LogP contribution in [0, 0.1) is 5.92 Å². The van der Waals surface area contributed by atoms with Crippen molar-refractivity contribution in [1.82, 2.24) is 5.32 Å². The number of amides is 1. The zero-order valence-corrected chi connectivity index (χ0v) is 12.0. The minimum Gasteiger partial charge on any atom is -0.353 e. The molecular formula is C15H23NOS. The van der Waals surface area contributed by atoms with E-state index >= 15 is 0 Å². The van der Waals surface area contributed by atoms with E-state index in [2.05, 4.69) is 29.8 Å². The number of thiophene rings is 1. The highest BCUT2D eigenvalue weighted by atomic mass is 32.1. The Kier molecular flexibility index (Phi) is 5.24. The van der Waals surface area contributed by atoms with Gasteiger partial charge < -0.3 is 5.32 Å². The maximum absolute atomic E-state index is 11.9. The van der Waals surface area contributed by atoms with Gasteiger partial charge in [0.25, 0.3) is 0 Å². The number of nitrogens with one attached hydrogen (secondary N) is 1. The average molecular weight is 265 g/mol. The van der Waals surface area contributed by atoms with Crippen molar-refractivity contribution in [3.63, 3.8) is 0 Å². The Morgan fingerprint density at radius 3 is 3.00 bits per heavy atom. The Hall–Kier alpha value is -0.830. The molecule has 1 fully saturated rings. The molecule has 0 saturated heterocycles. The first-order valence-corrected chi connectivity index (χ1v) is 7.95. The van der Waals surface area contributed by atoms with Gasteiger partial charge in [0.15, 0.2) is 0 Å². The molecule has 18 heavy (non-hydrogen) atoms. The van der Waals surface area contributed by atoms with Crippen molar-refractivity contribution >= 4 is 17.2 Å². The maximum Gasteiger partial charge on any atom is 0.220 e. The van der Waals surface area contributed by atoms with Gasteiger partial charge in [-0.2, -0.15) is 0 Å². The fraction of sp³-hybridized carbons (Fsp3) is 0.667. The van der Waals surface area contributed by atoms with Crippen molar-refractivity contribution in [1.29, 1.82) is 0 Å². The van der Waals surface area contributed by atoms with Crippen LogP contribution < -0.4 is 5.32 Å². The van der Waals surface area contributed by atoms with Crippen LogP contribution >= 0.6 is 11.3 Å². The van der Waals surface area contributed by atoms with Crippen molar-refractivity contribution in [2.45, 2.75) is 57.9 Å². The van der Waals surface area contributed by atoms with E-state index < -0.39 is 0 Å². The summed E-state index contributed by atoms with van der Waals surface area (Å²) in [6, 6.07) is 4.64. The molecule has 0 aromatic carbocycles. The number of carbonyl (C=O) groups excluding carboxylic acids is 1. The highest BCUT2D eigenvalue weighted by Crippen LogP contribution is 2.23. The highest BCUT2D eigenvalue weighted by molar-refractivity contribution is 7.09. The minimum atomic E-state index is 0.241. The standard InChI is InChI=1S/C15H23NOS/c1-12-6-2-3-9-14(12)16-15(17)10-4-7-13-8-5-11-18-13/h5,8,11-12,14H,2-4,6-7,9-10H2,1H3,(H,16,17)/t12-,14+/m0/s1. The lowest BCUT2D eigenvalue weighted by atomic mass is 9.86. The number of hydrogen-bond donors (Lipinski definition) is 1. The molecule has 1 aliphatic rings. The molecule has 1 aromatic rings. The lowest BCUT2D eigenvalue weighted by Crippen LogP contribution is -2.40. The van der Waals surface area contributed by atoms with Gasteiger partial charge in [0.1, 0.15) is 0 Å². The molecule has 1 aromatic heterocycles. The Morgan fingerprint density at radius 1 is 1.44 bits per heavy atom. The number of carbonyl (C=O) groups is 1. The van der Waals surface area contributed by atoms with Gasteiger partial charge in [0.05, 0.1) is 0 Å². The van der Waals surface area contributed by atoms with Crippen LogP contribution in [0.1, 0.15) is 50.3 Å². The van der Waals surface area contributed by atoms with Gasteiger partial charge >= 0.3 is 0 Å². The van der Waals surface area contributed by atoms with Crippen LogP contribution in [-0.2, 0) is 11.2 Å². The summed E-state index contributed by atoms with van der Waals surface area (Å²) in [5.41, 5.74) is 0. The molecule has 100 valence electrons. The zero-order valence-electron chi connectivity index (χ0n) is 11.2. The van der Waals surface area contributed by atoms with E-state index in [1.807, 2.05) is 0 Å². The first kappa shape index (κ1) is 13.6. The molecule has 2 nitrogen and oxygen atoms in total. The largest absolute Gasteiger partial charge is 0.353 e. The van der Waals surface area contributed by atoms with Crippen LogP contribution in [0.5, 0.6) is 0 Å². The van der Waals surface area contributed by atoms with Gasteiger partial charge in [-0.05, 0) is 43.0 Å². The third kappa shape index (κ3) is 4.13. The second-order valence-corrected chi connectivity index (χ2v) is 6.40. The van der Waals surface area contributed by atoms with E-state index in [1.165, 1.54) is 24.1 Å². The van der Waals surface area contributed by atoms with Crippen molar-refractivity contribution in [3.05, 3.63) is 22.4 Å². The summed E-state index contributed by atoms with van der Waals surface area (Å²) in [6.07, 6.45) is 7.69. The van der Waals surface area contributed by atoms with Crippen LogP contribution in [-0.4, -0.2) is 11.9 Å². The fourth-order valence-corrected chi connectivity index (χ4v) is 3.44. The van der Waals surface area contributed by atoms with Gasteiger partial charge in [-0.25, -0.2) is 0 Å². The molecule has 2 rings (SSSR count).